The number of aromatic nitrogens is 3. The minimum absolute atomic E-state index is 0.134. The summed E-state index contributed by atoms with van der Waals surface area (Å²) in [7, 11) is 1.59. The monoisotopic (exact) mass is 239 g/mol. The summed E-state index contributed by atoms with van der Waals surface area (Å²) in [5.74, 6) is 0.365. The van der Waals surface area contributed by atoms with E-state index in [4.69, 9.17) is 4.42 Å². The quantitative estimate of drug-likeness (QED) is 0.626. The van der Waals surface area contributed by atoms with Crippen LogP contribution < -0.4 is 5.69 Å². The van der Waals surface area contributed by atoms with E-state index in [1.165, 1.54) is 22.6 Å². The minimum atomic E-state index is -0.298. The van der Waals surface area contributed by atoms with Crippen molar-refractivity contribution in [2.75, 3.05) is 5.75 Å². The Balaban J connectivity index is 2.01. The summed E-state index contributed by atoms with van der Waals surface area (Å²) in [5.41, 5.74) is -0.298. The number of nitrogens with zero attached hydrogens (tertiary/aromatic N) is 2. The third kappa shape index (κ3) is 2.08. The number of ketones is 1. The number of H-pyrrole nitrogens is 1. The van der Waals surface area contributed by atoms with Crippen molar-refractivity contribution in [2.45, 2.75) is 5.16 Å². The molecule has 0 saturated carbocycles. The van der Waals surface area contributed by atoms with Crippen LogP contribution in [-0.4, -0.2) is 26.3 Å². The molecule has 0 aliphatic heterocycles. The Morgan fingerprint density at radius 2 is 2.50 bits per heavy atom. The van der Waals surface area contributed by atoms with Gasteiger partial charge in [-0.15, -0.1) is 5.10 Å². The topological polar surface area (TPSA) is 80.9 Å². The molecule has 0 atom stereocenters. The summed E-state index contributed by atoms with van der Waals surface area (Å²) in [6.07, 6.45) is 1.45. The Hall–Kier alpha value is -1.76. The number of aromatic amines is 1. The number of thioether (sulfide) groups is 1. The van der Waals surface area contributed by atoms with Crippen LogP contribution in [0.1, 0.15) is 10.6 Å². The fourth-order valence-corrected chi connectivity index (χ4v) is 1.89. The number of carbonyl (C=O) groups excluding carboxylic acids is 1. The summed E-state index contributed by atoms with van der Waals surface area (Å²) in [5, 5.41) is 6.55. The molecule has 0 aliphatic carbocycles. The second-order valence-corrected chi connectivity index (χ2v) is 4.00. The van der Waals surface area contributed by atoms with E-state index >= 15 is 0 Å². The van der Waals surface area contributed by atoms with Crippen LogP contribution in [0, 0.1) is 0 Å². The lowest BCUT2D eigenvalue weighted by molar-refractivity contribution is 0.0992. The predicted octanol–water partition coefficient (Wildman–Crippen LogP) is 0.676. The van der Waals surface area contributed by atoms with Gasteiger partial charge in [-0.2, -0.15) is 0 Å². The predicted molar refractivity (Wildman–Crippen MR) is 57.6 cm³/mol. The zero-order chi connectivity index (χ0) is 11.5. The van der Waals surface area contributed by atoms with Gasteiger partial charge in [-0.25, -0.2) is 9.89 Å². The molecule has 0 fully saturated rings. The molecule has 84 valence electrons. The van der Waals surface area contributed by atoms with Crippen LogP contribution in [0.25, 0.3) is 0 Å². The molecule has 6 nitrogen and oxygen atoms in total. The highest BCUT2D eigenvalue weighted by molar-refractivity contribution is 7.99. The van der Waals surface area contributed by atoms with Gasteiger partial charge in [0.05, 0.1) is 12.0 Å². The van der Waals surface area contributed by atoms with Crippen LogP contribution in [0.2, 0.25) is 0 Å². The van der Waals surface area contributed by atoms with E-state index < -0.39 is 0 Å². The average molecular weight is 239 g/mol. The molecular weight excluding hydrogens is 230 g/mol. The van der Waals surface area contributed by atoms with Crippen molar-refractivity contribution in [1.82, 2.24) is 14.8 Å². The second-order valence-electron chi connectivity index (χ2n) is 3.06. The van der Waals surface area contributed by atoms with E-state index in [-0.39, 0.29) is 17.2 Å². The number of rotatable bonds is 4. The van der Waals surface area contributed by atoms with Gasteiger partial charge >= 0.3 is 5.69 Å². The van der Waals surface area contributed by atoms with E-state index in [9.17, 15) is 9.59 Å². The van der Waals surface area contributed by atoms with E-state index in [0.29, 0.717) is 10.9 Å². The fourth-order valence-electron chi connectivity index (χ4n) is 1.10. The van der Waals surface area contributed by atoms with Crippen molar-refractivity contribution < 1.29 is 9.21 Å². The number of hydrogen-bond acceptors (Lipinski definition) is 5. The lowest BCUT2D eigenvalue weighted by atomic mass is 10.3. The third-order valence-electron chi connectivity index (χ3n) is 1.97. The first-order valence-corrected chi connectivity index (χ1v) is 5.48. The highest BCUT2D eigenvalue weighted by Crippen LogP contribution is 2.14. The van der Waals surface area contributed by atoms with Crippen molar-refractivity contribution in [3.63, 3.8) is 0 Å². The molecule has 0 aromatic carbocycles. The highest BCUT2D eigenvalue weighted by atomic mass is 32.2. The normalized spacial score (nSPS) is 10.6. The molecule has 2 rings (SSSR count). The zero-order valence-electron chi connectivity index (χ0n) is 8.47. The lowest BCUT2D eigenvalue weighted by Gasteiger charge is -1.97. The van der Waals surface area contributed by atoms with Gasteiger partial charge < -0.3 is 4.42 Å². The number of Topliss-reactive ketones (excluding diaryl/α,β-unsaturated/α-hetero) is 1. The van der Waals surface area contributed by atoms with Crippen LogP contribution >= 0.6 is 11.8 Å². The summed E-state index contributed by atoms with van der Waals surface area (Å²) < 4.78 is 6.31. The molecule has 2 aromatic heterocycles. The lowest BCUT2D eigenvalue weighted by Crippen LogP contribution is -2.13. The van der Waals surface area contributed by atoms with Gasteiger partial charge in [0.25, 0.3) is 0 Å². The SMILES string of the molecule is Cn1c(SCC(=O)c2ccco2)n[nH]c1=O. The minimum Gasteiger partial charge on any atom is -0.461 e. The maximum atomic E-state index is 11.6. The highest BCUT2D eigenvalue weighted by Gasteiger charge is 2.12. The van der Waals surface area contributed by atoms with Crippen molar-refractivity contribution >= 4 is 17.5 Å². The summed E-state index contributed by atoms with van der Waals surface area (Å²) in [6.45, 7) is 0. The van der Waals surface area contributed by atoms with Crippen LogP contribution in [-0.2, 0) is 7.05 Å². The molecule has 0 radical (unpaired) electrons. The number of carbonyl (C=O) groups is 1. The van der Waals surface area contributed by atoms with Gasteiger partial charge in [0, 0.05) is 7.05 Å². The van der Waals surface area contributed by atoms with Crippen molar-refractivity contribution in [3.8, 4) is 0 Å². The third-order valence-corrected chi connectivity index (χ3v) is 3.00. The summed E-state index contributed by atoms with van der Waals surface area (Å²) in [6, 6.07) is 3.26. The van der Waals surface area contributed by atoms with Crippen LogP contribution in [0.4, 0.5) is 0 Å². The molecule has 0 spiro atoms. The van der Waals surface area contributed by atoms with Crippen LogP contribution in [0.3, 0.4) is 0 Å². The molecule has 0 bridgehead atoms. The Morgan fingerprint density at radius 1 is 1.69 bits per heavy atom. The fraction of sp³-hybridized carbons (Fsp3) is 0.222. The van der Waals surface area contributed by atoms with Crippen molar-refractivity contribution in [2.24, 2.45) is 7.05 Å². The molecule has 2 heterocycles. The Kier molecular flexibility index (Phi) is 2.95. The smallest absolute Gasteiger partial charge is 0.343 e. The standard InChI is InChI=1S/C9H9N3O3S/c1-12-8(14)10-11-9(12)16-5-6(13)7-3-2-4-15-7/h2-4H,5H2,1H3,(H,10,14). The second kappa shape index (κ2) is 4.40. The summed E-state index contributed by atoms with van der Waals surface area (Å²) >= 11 is 1.19. The Morgan fingerprint density at radius 3 is 3.06 bits per heavy atom. The Bertz CT molecular complexity index is 541. The van der Waals surface area contributed by atoms with Gasteiger partial charge in [0.1, 0.15) is 0 Å². The van der Waals surface area contributed by atoms with Crippen molar-refractivity contribution in [3.05, 3.63) is 34.6 Å². The average Bonchev–Trinajstić information content (AvgIpc) is 2.89. The van der Waals surface area contributed by atoms with Gasteiger partial charge in [-0.1, -0.05) is 11.8 Å². The molecule has 16 heavy (non-hydrogen) atoms. The molecule has 2 aromatic rings. The first-order chi connectivity index (χ1) is 7.68. The van der Waals surface area contributed by atoms with Gasteiger partial charge in [-0.3, -0.25) is 9.36 Å². The zero-order valence-corrected chi connectivity index (χ0v) is 9.28. The largest absolute Gasteiger partial charge is 0.461 e. The Labute approximate surface area is 94.7 Å². The maximum Gasteiger partial charge on any atom is 0.343 e. The van der Waals surface area contributed by atoms with Gasteiger partial charge in [0.15, 0.2) is 10.9 Å². The first kappa shape index (κ1) is 10.7. The molecule has 1 N–H and O–H groups in total. The van der Waals surface area contributed by atoms with Gasteiger partial charge in [-0.05, 0) is 12.1 Å². The van der Waals surface area contributed by atoms with E-state index in [1.807, 2.05) is 0 Å². The summed E-state index contributed by atoms with van der Waals surface area (Å²) in [4.78, 5) is 22.6. The number of hydrogen-bond donors (Lipinski definition) is 1. The molecule has 0 unspecified atom stereocenters. The molecule has 0 saturated heterocycles. The molecule has 0 aliphatic rings. The van der Waals surface area contributed by atoms with Gasteiger partial charge in [0.2, 0.25) is 5.78 Å². The van der Waals surface area contributed by atoms with Crippen LogP contribution in [0.5, 0.6) is 0 Å². The molecule has 0 amide bonds. The maximum absolute atomic E-state index is 11.6. The molecule has 7 heteroatoms. The van der Waals surface area contributed by atoms with E-state index in [1.54, 1.807) is 19.2 Å². The van der Waals surface area contributed by atoms with E-state index in [0.717, 1.165) is 0 Å². The number of furan rings is 1. The number of nitrogens with one attached hydrogen (secondary N) is 1. The van der Waals surface area contributed by atoms with Crippen molar-refractivity contribution in [1.29, 1.82) is 0 Å². The molecular formula is C9H9N3O3S. The van der Waals surface area contributed by atoms with E-state index in [2.05, 4.69) is 10.2 Å². The first-order valence-electron chi connectivity index (χ1n) is 4.49. The van der Waals surface area contributed by atoms with Crippen LogP contribution in [0.15, 0.2) is 32.8 Å².